The van der Waals surface area contributed by atoms with E-state index in [1.807, 2.05) is 11.1 Å². The monoisotopic (exact) mass is 340 g/mol. The number of rotatable bonds is 0. The summed E-state index contributed by atoms with van der Waals surface area (Å²) < 4.78 is 0.436. The van der Waals surface area contributed by atoms with Crippen molar-refractivity contribution in [1.82, 2.24) is 0 Å². The number of hydrogen-bond acceptors (Lipinski definition) is 0. The minimum absolute atomic E-state index is 0. The summed E-state index contributed by atoms with van der Waals surface area (Å²) in [7, 11) is 0. The van der Waals surface area contributed by atoms with Crippen LogP contribution in [0.3, 0.4) is 0 Å². The molecule has 0 aliphatic heterocycles. The third kappa shape index (κ3) is 2.89. The second-order valence-electron chi connectivity index (χ2n) is 5.45. The molecule has 0 N–H and O–H groups in total. The molecule has 0 nitrogen and oxygen atoms in total. The molecule has 3 aliphatic rings. The van der Waals surface area contributed by atoms with E-state index in [0.717, 1.165) is 0 Å². The van der Waals surface area contributed by atoms with E-state index in [4.69, 9.17) is 0 Å². The van der Waals surface area contributed by atoms with Crippen molar-refractivity contribution in [1.29, 1.82) is 0 Å². The van der Waals surface area contributed by atoms with E-state index in [-0.39, 0.29) is 37.2 Å². The summed E-state index contributed by atoms with van der Waals surface area (Å²) in [5.41, 5.74) is 7.25. The van der Waals surface area contributed by atoms with Gasteiger partial charge in [-0.05, 0) is 0 Å². The minimum Gasteiger partial charge on any atom is -1.00 e. The van der Waals surface area contributed by atoms with Crippen LogP contribution in [0.5, 0.6) is 0 Å². The van der Waals surface area contributed by atoms with Crippen molar-refractivity contribution in [2.24, 2.45) is 0 Å². The molecular weight excluding hydrogens is 322 g/mol. The smallest absolute Gasteiger partial charge is 1.00 e. The third-order valence-electron chi connectivity index (χ3n) is 4.51. The standard InChI is InChI=1S/C14H19.3ClH.Ti/c1-10-11-6-2-4-8-13(11)14-9-5-3-7-12(10)14;;;;/h2-9H2,1H3;3*1H;/q;;;;+3/p-3. The van der Waals surface area contributed by atoms with Crippen LogP contribution in [-0.2, 0) is 20.4 Å². The first-order valence-electron chi connectivity index (χ1n) is 6.41. The first kappa shape index (κ1) is 19.1. The summed E-state index contributed by atoms with van der Waals surface area (Å²) in [4.78, 5) is 0. The quantitative estimate of drug-likeness (QED) is 0.390. The van der Waals surface area contributed by atoms with Crippen LogP contribution in [-0.4, -0.2) is 0 Å². The molecule has 0 amide bonds. The maximum absolute atomic E-state index is 2.47. The second-order valence-corrected chi connectivity index (χ2v) is 7.01. The molecule has 0 aromatic heterocycles. The fourth-order valence-corrected chi connectivity index (χ4v) is 4.62. The first-order valence-corrected chi connectivity index (χ1v) is 7.19. The molecule has 0 spiro atoms. The Balaban J connectivity index is 0.000000963. The van der Waals surface area contributed by atoms with Crippen LogP contribution >= 0.6 is 0 Å². The summed E-state index contributed by atoms with van der Waals surface area (Å²) in [5.74, 6) is 0. The van der Waals surface area contributed by atoms with Gasteiger partial charge >= 0.3 is 105 Å². The molecule has 100 valence electrons. The Kier molecular flexibility index (Phi) is 7.61. The first-order chi connectivity index (χ1) is 7.21. The topological polar surface area (TPSA) is 0 Å². The maximum Gasteiger partial charge on any atom is -1.00 e. The van der Waals surface area contributed by atoms with Gasteiger partial charge < -0.3 is 37.2 Å². The van der Waals surface area contributed by atoms with E-state index in [2.05, 4.69) is 27.4 Å². The molecule has 18 heavy (non-hydrogen) atoms. The largest absolute Gasteiger partial charge is 1.00 e. The molecule has 0 fully saturated rings. The molecule has 0 saturated carbocycles. The van der Waals surface area contributed by atoms with Gasteiger partial charge in [0.15, 0.2) is 0 Å². The zero-order chi connectivity index (χ0) is 10.5. The van der Waals surface area contributed by atoms with E-state index < -0.39 is 0 Å². The van der Waals surface area contributed by atoms with Crippen LogP contribution in [0.25, 0.3) is 0 Å². The average Bonchev–Trinajstić information content (AvgIpc) is 2.51. The zero-order valence-electron chi connectivity index (χ0n) is 10.8. The fourth-order valence-electron chi connectivity index (χ4n) is 3.76. The Labute approximate surface area is 141 Å². The van der Waals surface area contributed by atoms with E-state index in [0.29, 0.717) is 3.72 Å². The van der Waals surface area contributed by atoms with Gasteiger partial charge in [0.05, 0.1) is 0 Å². The van der Waals surface area contributed by atoms with Gasteiger partial charge in [0, 0.05) is 0 Å². The normalized spacial score (nSPS) is 24.4. The molecular formula is C14H19Cl3Ti. The zero-order valence-corrected chi connectivity index (χ0v) is 14.6. The van der Waals surface area contributed by atoms with E-state index >= 15 is 0 Å². The van der Waals surface area contributed by atoms with Crippen molar-refractivity contribution >= 4 is 0 Å². The molecule has 0 aromatic carbocycles. The van der Waals surface area contributed by atoms with Gasteiger partial charge in [0.1, 0.15) is 0 Å². The predicted molar refractivity (Wildman–Crippen MR) is 59.4 cm³/mol. The van der Waals surface area contributed by atoms with Crippen LogP contribution in [0, 0.1) is 0 Å². The van der Waals surface area contributed by atoms with Crippen molar-refractivity contribution in [3.8, 4) is 0 Å². The van der Waals surface area contributed by atoms with Crippen LogP contribution < -0.4 is 37.2 Å². The third-order valence-corrected chi connectivity index (χ3v) is 5.45. The van der Waals surface area contributed by atoms with Gasteiger partial charge in [-0.1, -0.05) is 0 Å². The molecule has 0 aromatic rings. The van der Waals surface area contributed by atoms with Crippen molar-refractivity contribution in [2.75, 3.05) is 0 Å². The van der Waals surface area contributed by atoms with Gasteiger partial charge in [-0.15, -0.1) is 0 Å². The van der Waals surface area contributed by atoms with Crippen molar-refractivity contribution in [3.05, 3.63) is 22.3 Å². The summed E-state index contributed by atoms with van der Waals surface area (Å²) in [6.07, 6.45) is 11.3. The van der Waals surface area contributed by atoms with E-state index in [1.165, 1.54) is 51.4 Å². The van der Waals surface area contributed by atoms with Crippen LogP contribution in [0.1, 0.15) is 58.3 Å². The van der Waals surface area contributed by atoms with Gasteiger partial charge in [-0.3, -0.25) is 0 Å². The van der Waals surface area contributed by atoms with Gasteiger partial charge in [-0.2, -0.15) is 0 Å². The fraction of sp³-hybridized carbons (Fsp3) is 0.714. The predicted octanol–water partition coefficient (Wildman–Crippen LogP) is -4.52. The van der Waals surface area contributed by atoms with Crippen LogP contribution in [0.2, 0.25) is 3.72 Å². The Morgan fingerprint density at radius 3 is 1.44 bits per heavy atom. The van der Waals surface area contributed by atoms with Crippen molar-refractivity contribution < 1.29 is 57.7 Å². The Morgan fingerprint density at radius 2 is 1.06 bits per heavy atom. The molecule has 3 rings (SSSR count). The molecule has 0 unspecified atom stereocenters. The molecule has 0 heterocycles. The number of fused-ring (bicyclic) bond motifs is 1. The Morgan fingerprint density at radius 1 is 0.722 bits per heavy atom. The summed E-state index contributed by atoms with van der Waals surface area (Å²) in [6.45, 7) is 2.47. The van der Waals surface area contributed by atoms with Gasteiger partial charge in [0.2, 0.25) is 0 Å². The summed E-state index contributed by atoms with van der Waals surface area (Å²) in [6, 6.07) is 0. The summed E-state index contributed by atoms with van der Waals surface area (Å²) >= 11 is 2.47. The molecule has 0 saturated heterocycles. The molecule has 0 bridgehead atoms. The van der Waals surface area contributed by atoms with E-state index in [1.54, 1.807) is 11.1 Å². The number of allylic oxidation sites excluding steroid dienone is 4. The molecule has 0 atom stereocenters. The van der Waals surface area contributed by atoms with Crippen LogP contribution in [0.4, 0.5) is 0 Å². The SMILES string of the molecule is C[C]1([Ti+3])C2=C(CCCC2)C2=C1CCCC2.[Cl-].[Cl-].[Cl-]. The van der Waals surface area contributed by atoms with Crippen LogP contribution in [0.15, 0.2) is 22.3 Å². The Bertz CT molecular complexity index is 335. The minimum atomic E-state index is 0. The summed E-state index contributed by atoms with van der Waals surface area (Å²) in [5, 5.41) is 0. The van der Waals surface area contributed by atoms with Crippen molar-refractivity contribution in [2.45, 2.75) is 62.0 Å². The molecule has 0 radical (unpaired) electrons. The molecule has 3 aliphatic carbocycles. The van der Waals surface area contributed by atoms with Gasteiger partial charge in [0.25, 0.3) is 0 Å². The number of halogens is 3. The number of hydrogen-bond donors (Lipinski definition) is 0. The second kappa shape index (κ2) is 7.18. The average molecular weight is 342 g/mol. The Hall–Kier alpha value is 1.06. The maximum atomic E-state index is 2.47. The van der Waals surface area contributed by atoms with Gasteiger partial charge in [-0.25, -0.2) is 0 Å². The molecule has 4 heteroatoms. The van der Waals surface area contributed by atoms with E-state index in [9.17, 15) is 0 Å². The van der Waals surface area contributed by atoms with Crippen molar-refractivity contribution in [3.63, 3.8) is 0 Å².